The molecule has 2 nitrogen and oxygen atoms in total. The summed E-state index contributed by atoms with van der Waals surface area (Å²) in [5.41, 5.74) is 2.19. The maximum Gasteiger partial charge on any atom is 0.125 e. The number of hydrogen-bond donors (Lipinski definition) is 1. The molecule has 2 aromatic carbocycles. The maximum absolute atomic E-state index is 6.32. The zero-order valence-electron chi connectivity index (χ0n) is 12.8. The second kappa shape index (κ2) is 6.97. The first-order valence-corrected chi connectivity index (χ1v) is 7.53. The quantitative estimate of drug-likeness (QED) is 0.856. The molecule has 0 unspecified atom stereocenters. The highest BCUT2D eigenvalue weighted by Gasteiger charge is 2.13. The Kier molecular flexibility index (Phi) is 5.27. The minimum Gasteiger partial charge on any atom is -0.489 e. The van der Waals surface area contributed by atoms with E-state index in [1.807, 2.05) is 36.4 Å². The van der Waals surface area contributed by atoms with E-state index in [1.54, 1.807) is 0 Å². The summed E-state index contributed by atoms with van der Waals surface area (Å²) < 4.78 is 5.94. The first-order chi connectivity index (χ1) is 9.96. The van der Waals surface area contributed by atoms with Gasteiger partial charge in [0.25, 0.3) is 0 Å². The first-order valence-electron chi connectivity index (χ1n) is 7.15. The molecule has 21 heavy (non-hydrogen) atoms. The van der Waals surface area contributed by atoms with Gasteiger partial charge in [-0.05, 0) is 38.5 Å². The lowest BCUT2D eigenvalue weighted by Crippen LogP contribution is -2.35. The van der Waals surface area contributed by atoms with Gasteiger partial charge in [-0.1, -0.05) is 48.0 Å². The van der Waals surface area contributed by atoms with E-state index < -0.39 is 0 Å². The Labute approximate surface area is 132 Å². The van der Waals surface area contributed by atoms with Gasteiger partial charge in [-0.2, -0.15) is 0 Å². The van der Waals surface area contributed by atoms with Gasteiger partial charge >= 0.3 is 0 Å². The van der Waals surface area contributed by atoms with Crippen LogP contribution < -0.4 is 10.1 Å². The third-order valence-electron chi connectivity index (χ3n) is 3.11. The van der Waals surface area contributed by atoms with Gasteiger partial charge in [0.1, 0.15) is 12.4 Å². The van der Waals surface area contributed by atoms with Crippen LogP contribution in [0, 0.1) is 0 Å². The number of nitrogens with one attached hydrogen (secondary N) is 1. The molecule has 0 aromatic heterocycles. The van der Waals surface area contributed by atoms with Crippen LogP contribution in [0.5, 0.6) is 5.75 Å². The Morgan fingerprint density at radius 3 is 2.38 bits per heavy atom. The normalized spacial score (nSPS) is 11.4. The van der Waals surface area contributed by atoms with Crippen molar-refractivity contribution in [2.45, 2.75) is 39.5 Å². The summed E-state index contributed by atoms with van der Waals surface area (Å²) in [6.45, 7) is 7.63. The van der Waals surface area contributed by atoms with Crippen LogP contribution in [0.15, 0.2) is 48.5 Å². The van der Waals surface area contributed by atoms with Crippen molar-refractivity contribution in [2.75, 3.05) is 0 Å². The van der Waals surface area contributed by atoms with E-state index in [0.717, 1.165) is 21.9 Å². The van der Waals surface area contributed by atoms with Gasteiger partial charge < -0.3 is 10.1 Å². The molecule has 3 heteroatoms. The maximum atomic E-state index is 6.32. The predicted molar refractivity (Wildman–Crippen MR) is 88.8 cm³/mol. The van der Waals surface area contributed by atoms with E-state index in [9.17, 15) is 0 Å². The van der Waals surface area contributed by atoms with Crippen LogP contribution in [0.3, 0.4) is 0 Å². The zero-order chi connectivity index (χ0) is 15.3. The van der Waals surface area contributed by atoms with Crippen LogP contribution in [-0.4, -0.2) is 5.54 Å². The summed E-state index contributed by atoms with van der Waals surface area (Å²) in [7, 11) is 0. The van der Waals surface area contributed by atoms with Crippen molar-refractivity contribution in [3.63, 3.8) is 0 Å². The van der Waals surface area contributed by atoms with E-state index in [-0.39, 0.29) is 5.54 Å². The molecule has 0 saturated heterocycles. The number of rotatable bonds is 5. The molecule has 1 N–H and O–H groups in total. The molecule has 2 aromatic rings. The summed E-state index contributed by atoms with van der Waals surface area (Å²) in [5.74, 6) is 0.836. The smallest absolute Gasteiger partial charge is 0.125 e. The van der Waals surface area contributed by atoms with Gasteiger partial charge in [0.15, 0.2) is 0 Å². The summed E-state index contributed by atoms with van der Waals surface area (Å²) in [4.78, 5) is 0. The van der Waals surface area contributed by atoms with Gasteiger partial charge in [0, 0.05) is 22.7 Å². The molecular formula is C18H22ClNO. The van der Waals surface area contributed by atoms with Crippen LogP contribution in [-0.2, 0) is 13.2 Å². The molecule has 0 amide bonds. The Morgan fingerprint density at radius 2 is 1.71 bits per heavy atom. The van der Waals surface area contributed by atoms with Gasteiger partial charge in [0.2, 0.25) is 0 Å². The number of benzene rings is 2. The molecular weight excluding hydrogens is 282 g/mol. The molecule has 0 radical (unpaired) electrons. The summed E-state index contributed by atoms with van der Waals surface area (Å²) in [6.07, 6.45) is 0. The lowest BCUT2D eigenvalue weighted by atomic mass is 10.1. The summed E-state index contributed by atoms with van der Waals surface area (Å²) in [5, 5.41) is 4.19. The Hall–Kier alpha value is -1.51. The Balaban J connectivity index is 2.10. The SMILES string of the molecule is CC(C)(C)NCc1c(Cl)cccc1OCc1ccccc1. The van der Waals surface area contributed by atoms with E-state index in [4.69, 9.17) is 16.3 Å². The van der Waals surface area contributed by atoms with Crippen LogP contribution in [0.25, 0.3) is 0 Å². The topological polar surface area (TPSA) is 21.3 Å². The third kappa shape index (κ3) is 5.07. The molecule has 0 heterocycles. The largest absolute Gasteiger partial charge is 0.489 e. The van der Waals surface area contributed by atoms with E-state index in [0.29, 0.717) is 13.2 Å². The molecule has 0 saturated carbocycles. The van der Waals surface area contributed by atoms with Gasteiger partial charge in [-0.15, -0.1) is 0 Å². The standard InChI is InChI=1S/C18H22ClNO/c1-18(2,3)20-12-15-16(19)10-7-11-17(15)21-13-14-8-5-4-6-9-14/h4-11,20H,12-13H2,1-3H3. The number of halogens is 1. The molecule has 0 aliphatic heterocycles. The number of ether oxygens (including phenoxy) is 1. The monoisotopic (exact) mass is 303 g/mol. The van der Waals surface area contributed by atoms with Crippen molar-refractivity contribution in [1.82, 2.24) is 5.32 Å². The fourth-order valence-corrected chi connectivity index (χ4v) is 2.17. The van der Waals surface area contributed by atoms with Crippen molar-refractivity contribution in [3.8, 4) is 5.75 Å². The average Bonchev–Trinajstić information content (AvgIpc) is 2.44. The fraction of sp³-hybridized carbons (Fsp3) is 0.333. The van der Waals surface area contributed by atoms with Crippen molar-refractivity contribution in [3.05, 3.63) is 64.7 Å². The Bertz CT molecular complexity index is 576. The van der Waals surface area contributed by atoms with Gasteiger partial charge in [-0.3, -0.25) is 0 Å². The highest BCUT2D eigenvalue weighted by atomic mass is 35.5. The third-order valence-corrected chi connectivity index (χ3v) is 3.46. The molecule has 0 bridgehead atoms. The molecule has 0 atom stereocenters. The second-order valence-electron chi connectivity index (χ2n) is 6.09. The molecule has 0 aliphatic rings. The summed E-state index contributed by atoms with van der Waals surface area (Å²) in [6, 6.07) is 15.9. The van der Waals surface area contributed by atoms with E-state index >= 15 is 0 Å². The van der Waals surface area contributed by atoms with Gasteiger partial charge in [-0.25, -0.2) is 0 Å². The van der Waals surface area contributed by atoms with Crippen LogP contribution in [0.2, 0.25) is 5.02 Å². The Morgan fingerprint density at radius 1 is 1.00 bits per heavy atom. The van der Waals surface area contributed by atoms with Gasteiger partial charge in [0.05, 0.1) is 0 Å². The molecule has 2 rings (SSSR count). The van der Waals surface area contributed by atoms with E-state index in [2.05, 4.69) is 38.2 Å². The minimum absolute atomic E-state index is 0.0376. The molecule has 0 spiro atoms. The van der Waals surface area contributed by atoms with E-state index in [1.165, 1.54) is 0 Å². The zero-order valence-corrected chi connectivity index (χ0v) is 13.6. The van der Waals surface area contributed by atoms with Crippen molar-refractivity contribution < 1.29 is 4.74 Å². The van der Waals surface area contributed by atoms with Crippen LogP contribution in [0.4, 0.5) is 0 Å². The minimum atomic E-state index is 0.0376. The molecule has 0 fully saturated rings. The lowest BCUT2D eigenvalue weighted by molar-refractivity contribution is 0.300. The molecule has 0 aliphatic carbocycles. The summed E-state index contributed by atoms with van der Waals surface area (Å²) >= 11 is 6.32. The second-order valence-corrected chi connectivity index (χ2v) is 6.50. The fourth-order valence-electron chi connectivity index (χ4n) is 1.93. The average molecular weight is 304 g/mol. The van der Waals surface area contributed by atoms with Crippen LogP contribution in [0.1, 0.15) is 31.9 Å². The highest BCUT2D eigenvalue weighted by Crippen LogP contribution is 2.27. The van der Waals surface area contributed by atoms with Crippen molar-refractivity contribution in [1.29, 1.82) is 0 Å². The van der Waals surface area contributed by atoms with Crippen molar-refractivity contribution in [2.24, 2.45) is 0 Å². The van der Waals surface area contributed by atoms with Crippen molar-refractivity contribution >= 4 is 11.6 Å². The first kappa shape index (κ1) is 15.9. The van der Waals surface area contributed by atoms with Crippen LogP contribution >= 0.6 is 11.6 Å². The predicted octanol–water partition coefficient (Wildman–Crippen LogP) is 4.81. The highest BCUT2D eigenvalue weighted by molar-refractivity contribution is 6.31. The lowest BCUT2D eigenvalue weighted by Gasteiger charge is -2.22. The molecule has 112 valence electrons. The number of hydrogen-bond acceptors (Lipinski definition) is 2.